The van der Waals surface area contributed by atoms with Crippen LogP contribution in [0.2, 0.25) is 0 Å². The van der Waals surface area contributed by atoms with E-state index in [9.17, 15) is 4.39 Å². The molecule has 1 atom stereocenters. The third kappa shape index (κ3) is 4.20. The number of piperidine rings is 1. The highest BCUT2D eigenvalue weighted by Gasteiger charge is 2.27. The molecule has 0 aromatic carbocycles. The Labute approximate surface area is 172 Å². The van der Waals surface area contributed by atoms with Crippen LogP contribution in [0.4, 0.5) is 22.0 Å². The van der Waals surface area contributed by atoms with Gasteiger partial charge < -0.3 is 19.4 Å². The summed E-state index contributed by atoms with van der Waals surface area (Å²) < 4.78 is 20.4. The quantitative estimate of drug-likeness (QED) is 0.709. The van der Waals surface area contributed by atoms with Gasteiger partial charge in [-0.3, -0.25) is 0 Å². The number of ether oxygens (including phenoxy) is 1. The van der Waals surface area contributed by atoms with Gasteiger partial charge >= 0.3 is 0 Å². The molecule has 1 unspecified atom stereocenters. The van der Waals surface area contributed by atoms with Gasteiger partial charge in [0, 0.05) is 56.1 Å². The number of halogens is 2. The Balaban J connectivity index is 1.49. The fourth-order valence-electron chi connectivity index (χ4n) is 3.74. The van der Waals surface area contributed by atoms with E-state index in [1.54, 1.807) is 12.4 Å². The Morgan fingerprint density at radius 2 is 2.04 bits per heavy atom. The van der Waals surface area contributed by atoms with Crippen LogP contribution in [0.3, 0.4) is 0 Å². The van der Waals surface area contributed by atoms with E-state index in [4.69, 9.17) is 9.72 Å². The number of aromatic nitrogens is 3. The number of rotatable bonds is 4. The maximum atomic E-state index is 14.4. The second kappa shape index (κ2) is 8.57. The molecule has 4 heterocycles. The van der Waals surface area contributed by atoms with Gasteiger partial charge in [-0.1, -0.05) is 0 Å². The summed E-state index contributed by atoms with van der Waals surface area (Å²) in [5.74, 6) is 1.72. The minimum atomic E-state index is -0.303. The Morgan fingerprint density at radius 1 is 1.21 bits per heavy atom. The third-order valence-electron chi connectivity index (χ3n) is 5.31. The summed E-state index contributed by atoms with van der Waals surface area (Å²) in [4.78, 5) is 19.9. The lowest BCUT2D eigenvalue weighted by atomic mass is 10.0. The molecule has 2 fully saturated rings. The van der Waals surface area contributed by atoms with Gasteiger partial charge in [-0.05, 0) is 40.9 Å². The molecule has 2 saturated heterocycles. The van der Waals surface area contributed by atoms with Gasteiger partial charge in [-0.25, -0.2) is 14.4 Å². The van der Waals surface area contributed by atoms with Crippen molar-refractivity contribution in [1.82, 2.24) is 15.0 Å². The lowest BCUT2D eigenvalue weighted by molar-refractivity contribution is 0.122. The van der Waals surface area contributed by atoms with Crippen molar-refractivity contribution in [1.29, 1.82) is 0 Å². The van der Waals surface area contributed by atoms with Crippen LogP contribution < -0.4 is 14.7 Å². The minimum absolute atomic E-state index is 0.193. The van der Waals surface area contributed by atoms with Crippen LogP contribution in [0.25, 0.3) is 0 Å². The van der Waals surface area contributed by atoms with Crippen LogP contribution in [0.1, 0.15) is 12.8 Å². The highest BCUT2D eigenvalue weighted by Crippen LogP contribution is 2.26. The summed E-state index contributed by atoms with van der Waals surface area (Å²) in [6.07, 6.45) is 5.42. The van der Waals surface area contributed by atoms with E-state index in [0.29, 0.717) is 22.8 Å². The Hall–Kier alpha value is -2.00. The van der Waals surface area contributed by atoms with Crippen molar-refractivity contribution in [2.45, 2.75) is 18.9 Å². The first-order valence-corrected chi connectivity index (χ1v) is 10.4. The average molecular weight is 451 g/mol. The fraction of sp³-hybridized carbons (Fsp3) is 0.526. The van der Waals surface area contributed by atoms with E-state index in [1.165, 1.54) is 6.07 Å². The molecule has 0 bridgehead atoms. The smallest absolute Gasteiger partial charge is 0.227 e. The van der Waals surface area contributed by atoms with Crippen molar-refractivity contribution >= 4 is 33.5 Å². The highest BCUT2D eigenvalue weighted by molar-refractivity contribution is 9.10. The largest absolute Gasteiger partial charge is 0.378 e. The van der Waals surface area contributed by atoms with Crippen molar-refractivity contribution in [3.8, 4) is 0 Å². The predicted molar refractivity (Wildman–Crippen MR) is 111 cm³/mol. The molecule has 2 aliphatic heterocycles. The van der Waals surface area contributed by atoms with Gasteiger partial charge in [-0.15, -0.1) is 0 Å². The number of hydrogen-bond donors (Lipinski definition) is 0. The van der Waals surface area contributed by atoms with Gasteiger partial charge in [0.15, 0.2) is 11.6 Å². The Morgan fingerprint density at radius 3 is 2.82 bits per heavy atom. The number of nitrogens with zero attached hydrogens (tertiary/aromatic N) is 6. The van der Waals surface area contributed by atoms with Crippen LogP contribution in [0, 0.1) is 5.82 Å². The summed E-state index contributed by atoms with van der Waals surface area (Å²) in [6.45, 7) is 4.60. The standard InChI is InChI=1S/C19H24BrFN6O/c1-25(19-22-5-4-17(24-19)26-7-9-28-10-8-26)15-3-2-6-27(13-15)18-16(21)11-14(20)12-23-18/h4-5,11-12,15H,2-3,6-10,13H2,1H3. The number of morpholine rings is 1. The average Bonchev–Trinajstić information content (AvgIpc) is 2.74. The van der Waals surface area contributed by atoms with Gasteiger partial charge in [0.2, 0.25) is 5.95 Å². The predicted octanol–water partition coefficient (Wildman–Crippen LogP) is 2.71. The topological polar surface area (TPSA) is 57.6 Å². The molecule has 2 aromatic rings. The molecular formula is C19H24BrFN6O. The molecule has 4 rings (SSSR count). The summed E-state index contributed by atoms with van der Waals surface area (Å²) in [5, 5.41) is 0. The number of likely N-dealkylation sites (N-methyl/N-ethyl adjacent to an activating group) is 1. The van der Waals surface area contributed by atoms with E-state index in [2.05, 4.69) is 35.7 Å². The van der Waals surface area contributed by atoms with Crippen molar-refractivity contribution in [2.75, 3.05) is 61.1 Å². The van der Waals surface area contributed by atoms with E-state index < -0.39 is 0 Å². The monoisotopic (exact) mass is 450 g/mol. The van der Waals surface area contributed by atoms with Crippen LogP contribution in [0.5, 0.6) is 0 Å². The molecule has 2 aromatic heterocycles. The van der Waals surface area contributed by atoms with Crippen LogP contribution in [-0.4, -0.2) is 67.4 Å². The molecule has 150 valence electrons. The molecule has 0 aliphatic carbocycles. The molecule has 28 heavy (non-hydrogen) atoms. The van der Waals surface area contributed by atoms with Crippen LogP contribution in [-0.2, 0) is 4.74 Å². The minimum Gasteiger partial charge on any atom is -0.378 e. The summed E-state index contributed by atoms with van der Waals surface area (Å²) in [5.41, 5.74) is 0. The van der Waals surface area contributed by atoms with Crippen LogP contribution in [0.15, 0.2) is 29.0 Å². The first-order valence-electron chi connectivity index (χ1n) is 9.56. The lowest BCUT2D eigenvalue weighted by Gasteiger charge is -2.38. The highest BCUT2D eigenvalue weighted by atomic mass is 79.9. The van der Waals surface area contributed by atoms with E-state index in [0.717, 1.165) is 51.5 Å². The lowest BCUT2D eigenvalue weighted by Crippen LogP contribution is -2.48. The molecule has 0 amide bonds. The Kier molecular flexibility index (Phi) is 5.91. The van der Waals surface area contributed by atoms with Gasteiger partial charge in [0.1, 0.15) is 5.82 Å². The van der Waals surface area contributed by atoms with Gasteiger partial charge in [0.25, 0.3) is 0 Å². The fourth-order valence-corrected chi connectivity index (χ4v) is 4.05. The summed E-state index contributed by atoms with van der Waals surface area (Å²) >= 11 is 3.27. The zero-order valence-electron chi connectivity index (χ0n) is 15.9. The zero-order valence-corrected chi connectivity index (χ0v) is 17.5. The first-order chi connectivity index (χ1) is 13.6. The molecule has 0 radical (unpaired) electrons. The van der Waals surface area contributed by atoms with Crippen LogP contribution >= 0.6 is 15.9 Å². The molecular weight excluding hydrogens is 427 g/mol. The third-order valence-corrected chi connectivity index (χ3v) is 5.74. The molecule has 0 N–H and O–H groups in total. The first kappa shape index (κ1) is 19.3. The summed E-state index contributed by atoms with van der Waals surface area (Å²) in [7, 11) is 2.01. The maximum absolute atomic E-state index is 14.4. The van der Waals surface area contributed by atoms with Gasteiger partial charge in [0.05, 0.1) is 13.2 Å². The molecule has 2 aliphatic rings. The second-order valence-electron chi connectivity index (χ2n) is 7.13. The SMILES string of the molecule is CN(c1nccc(N2CCOCC2)n1)C1CCCN(c2ncc(Br)cc2F)C1. The van der Waals surface area contributed by atoms with E-state index in [-0.39, 0.29) is 11.9 Å². The van der Waals surface area contributed by atoms with E-state index in [1.807, 2.05) is 18.0 Å². The van der Waals surface area contributed by atoms with Crippen molar-refractivity contribution < 1.29 is 9.13 Å². The zero-order chi connectivity index (χ0) is 19.5. The molecule has 0 spiro atoms. The second-order valence-corrected chi connectivity index (χ2v) is 8.04. The van der Waals surface area contributed by atoms with Crippen molar-refractivity contribution in [3.63, 3.8) is 0 Å². The number of hydrogen-bond acceptors (Lipinski definition) is 7. The van der Waals surface area contributed by atoms with Crippen molar-refractivity contribution in [3.05, 3.63) is 34.8 Å². The van der Waals surface area contributed by atoms with Gasteiger partial charge in [-0.2, -0.15) is 4.98 Å². The molecule has 7 nitrogen and oxygen atoms in total. The van der Waals surface area contributed by atoms with E-state index >= 15 is 0 Å². The maximum Gasteiger partial charge on any atom is 0.227 e. The normalized spacial score (nSPS) is 20.3. The number of anilines is 3. The van der Waals surface area contributed by atoms with Crippen molar-refractivity contribution in [2.24, 2.45) is 0 Å². The summed E-state index contributed by atoms with van der Waals surface area (Å²) in [6, 6.07) is 3.60. The number of pyridine rings is 1. The Bertz CT molecular complexity index is 819. The molecule has 0 saturated carbocycles. The molecule has 9 heteroatoms.